The second-order valence-corrected chi connectivity index (χ2v) is 3.35. The maximum atomic E-state index is 5.66. The van der Waals surface area contributed by atoms with Gasteiger partial charge in [-0.05, 0) is 19.1 Å². The van der Waals surface area contributed by atoms with Gasteiger partial charge in [-0.15, -0.1) is 0 Å². The molecule has 1 aromatic heterocycles. The lowest BCUT2D eigenvalue weighted by molar-refractivity contribution is 0.458. The Bertz CT molecular complexity index is 471. The quantitative estimate of drug-likeness (QED) is 0.855. The topological polar surface area (TPSA) is 47.0 Å². The van der Waals surface area contributed by atoms with Crippen molar-refractivity contribution >= 4 is 5.95 Å². The summed E-state index contributed by atoms with van der Waals surface area (Å²) in [7, 11) is 1.77. The number of hydrogen-bond donors (Lipinski definition) is 1. The highest BCUT2D eigenvalue weighted by Crippen LogP contribution is 2.22. The number of hydrogen-bond acceptors (Lipinski definition) is 4. The molecule has 1 N–H and O–H groups in total. The predicted molar refractivity (Wildman–Crippen MR) is 62.8 cm³/mol. The fraction of sp³-hybridized carbons (Fsp3) is 0.167. The van der Waals surface area contributed by atoms with E-state index in [1.165, 1.54) is 0 Å². The van der Waals surface area contributed by atoms with Gasteiger partial charge in [-0.3, -0.25) is 0 Å². The summed E-state index contributed by atoms with van der Waals surface area (Å²) in [4.78, 5) is 8.34. The molecule has 2 aromatic rings. The van der Waals surface area contributed by atoms with Gasteiger partial charge in [-0.2, -0.15) is 4.98 Å². The molecule has 16 heavy (non-hydrogen) atoms. The monoisotopic (exact) mass is 215 g/mol. The van der Waals surface area contributed by atoms with Gasteiger partial charge < -0.3 is 10.1 Å². The van der Waals surface area contributed by atoms with Crippen LogP contribution in [-0.4, -0.2) is 17.0 Å². The van der Waals surface area contributed by atoms with Gasteiger partial charge in [0.05, 0.1) is 0 Å². The molecule has 0 fully saturated rings. The van der Waals surface area contributed by atoms with Crippen molar-refractivity contribution in [2.24, 2.45) is 0 Å². The van der Waals surface area contributed by atoms with Gasteiger partial charge in [0.2, 0.25) is 11.8 Å². The Morgan fingerprint density at radius 1 is 1.19 bits per heavy atom. The molecule has 0 unspecified atom stereocenters. The molecule has 0 radical (unpaired) electrons. The SMILES string of the molecule is CNc1ncc(C)c(Oc2ccccc2)n1. The number of rotatable bonds is 3. The lowest BCUT2D eigenvalue weighted by Crippen LogP contribution is -1.99. The highest BCUT2D eigenvalue weighted by Gasteiger charge is 2.04. The van der Waals surface area contributed by atoms with Gasteiger partial charge in [0.15, 0.2) is 0 Å². The van der Waals surface area contributed by atoms with E-state index < -0.39 is 0 Å². The van der Waals surface area contributed by atoms with Gasteiger partial charge in [0.1, 0.15) is 5.75 Å². The third-order valence-electron chi connectivity index (χ3n) is 2.11. The lowest BCUT2D eigenvalue weighted by atomic mass is 10.3. The fourth-order valence-corrected chi connectivity index (χ4v) is 1.25. The van der Waals surface area contributed by atoms with Crippen LogP contribution in [-0.2, 0) is 0 Å². The Morgan fingerprint density at radius 2 is 1.94 bits per heavy atom. The van der Waals surface area contributed by atoms with Crippen molar-refractivity contribution in [3.63, 3.8) is 0 Å². The van der Waals surface area contributed by atoms with Gasteiger partial charge in [-0.25, -0.2) is 4.98 Å². The van der Waals surface area contributed by atoms with Crippen LogP contribution in [0.15, 0.2) is 36.5 Å². The van der Waals surface area contributed by atoms with E-state index in [-0.39, 0.29) is 0 Å². The van der Waals surface area contributed by atoms with E-state index >= 15 is 0 Å². The molecule has 1 aromatic carbocycles. The number of para-hydroxylation sites is 1. The third-order valence-corrected chi connectivity index (χ3v) is 2.11. The lowest BCUT2D eigenvalue weighted by Gasteiger charge is -2.08. The normalized spacial score (nSPS) is 9.88. The zero-order valence-corrected chi connectivity index (χ0v) is 9.27. The Hall–Kier alpha value is -2.10. The number of anilines is 1. The van der Waals surface area contributed by atoms with Crippen molar-refractivity contribution in [1.29, 1.82) is 0 Å². The molecule has 0 atom stereocenters. The van der Waals surface area contributed by atoms with Crippen LogP contribution in [0.3, 0.4) is 0 Å². The molecule has 82 valence electrons. The number of nitrogens with one attached hydrogen (secondary N) is 1. The second-order valence-electron chi connectivity index (χ2n) is 3.35. The second kappa shape index (κ2) is 4.61. The summed E-state index contributed by atoms with van der Waals surface area (Å²) in [6, 6.07) is 9.57. The molecule has 1 heterocycles. The minimum Gasteiger partial charge on any atom is -0.439 e. The third kappa shape index (κ3) is 2.28. The molecule has 0 saturated heterocycles. The average Bonchev–Trinajstić information content (AvgIpc) is 2.33. The number of ether oxygens (including phenoxy) is 1. The summed E-state index contributed by atoms with van der Waals surface area (Å²) in [5.74, 6) is 1.90. The van der Waals surface area contributed by atoms with Crippen molar-refractivity contribution in [1.82, 2.24) is 9.97 Å². The number of aryl methyl sites for hydroxylation is 1. The summed E-state index contributed by atoms with van der Waals surface area (Å²) >= 11 is 0. The fourth-order valence-electron chi connectivity index (χ4n) is 1.25. The van der Waals surface area contributed by atoms with Gasteiger partial charge >= 0.3 is 0 Å². The van der Waals surface area contributed by atoms with E-state index in [0.717, 1.165) is 11.3 Å². The first-order valence-electron chi connectivity index (χ1n) is 5.04. The average molecular weight is 215 g/mol. The highest BCUT2D eigenvalue weighted by molar-refractivity contribution is 5.35. The molecular formula is C12H13N3O. The number of aromatic nitrogens is 2. The molecule has 0 aliphatic carbocycles. The molecular weight excluding hydrogens is 202 g/mol. The molecule has 0 amide bonds. The zero-order valence-electron chi connectivity index (χ0n) is 9.27. The molecule has 0 spiro atoms. The summed E-state index contributed by atoms with van der Waals surface area (Å²) in [6.07, 6.45) is 1.73. The minimum absolute atomic E-state index is 0.552. The van der Waals surface area contributed by atoms with Crippen molar-refractivity contribution < 1.29 is 4.74 Å². The van der Waals surface area contributed by atoms with Crippen molar-refractivity contribution in [3.8, 4) is 11.6 Å². The Labute approximate surface area is 94.3 Å². The van der Waals surface area contributed by atoms with E-state index in [0.29, 0.717) is 11.8 Å². The van der Waals surface area contributed by atoms with Crippen LogP contribution < -0.4 is 10.1 Å². The highest BCUT2D eigenvalue weighted by atomic mass is 16.5. The van der Waals surface area contributed by atoms with Crippen LogP contribution in [0.1, 0.15) is 5.56 Å². The van der Waals surface area contributed by atoms with E-state index in [1.807, 2.05) is 37.3 Å². The first-order valence-corrected chi connectivity index (χ1v) is 5.04. The van der Waals surface area contributed by atoms with Crippen molar-refractivity contribution in [3.05, 3.63) is 42.1 Å². The number of benzene rings is 1. The van der Waals surface area contributed by atoms with Gasteiger partial charge in [0, 0.05) is 18.8 Å². The zero-order chi connectivity index (χ0) is 11.4. The van der Waals surface area contributed by atoms with Crippen LogP contribution >= 0.6 is 0 Å². The Kier molecular flexibility index (Phi) is 3.00. The van der Waals surface area contributed by atoms with E-state index in [1.54, 1.807) is 13.2 Å². The van der Waals surface area contributed by atoms with E-state index in [9.17, 15) is 0 Å². The van der Waals surface area contributed by atoms with Crippen molar-refractivity contribution in [2.75, 3.05) is 12.4 Å². The maximum absolute atomic E-state index is 5.66. The van der Waals surface area contributed by atoms with Gasteiger partial charge in [0.25, 0.3) is 0 Å². The van der Waals surface area contributed by atoms with Crippen LogP contribution in [0, 0.1) is 6.92 Å². The van der Waals surface area contributed by atoms with Gasteiger partial charge in [-0.1, -0.05) is 18.2 Å². The predicted octanol–water partition coefficient (Wildman–Crippen LogP) is 2.62. The van der Waals surface area contributed by atoms with E-state index in [4.69, 9.17) is 4.74 Å². The maximum Gasteiger partial charge on any atom is 0.226 e. The van der Waals surface area contributed by atoms with Crippen LogP contribution in [0.25, 0.3) is 0 Å². The molecule has 4 nitrogen and oxygen atoms in total. The Morgan fingerprint density at radius 3 is 2.62 bits per heavy atom. The molecule has 0 aliphatic heterocycles. The first kappa shape index (κ1) is 10.4. The van der Waals surface area contributed by atoms with E-state index in [2.05, 4.69) is 15.3 Å². The Balaban J connectivity index is 2.27. The molecule has 4 heteroatoms. The molecule has 0 aliphatic rings. The summed E-state index contributed by atoms with van der Waals surface area (Å²) in [5.41, 5.74) is 0.905. The largest absolute Gasteiger partial charge is 0.439 e. The smallest absolute Gasteiger partial charge is 0.226 e. The summed E-state index contributed by atoms with van der Waals surface area (Å²) < 4.78 is 5.66. The van der Waals surface area contributed by atoms with Crippen LogP contribution in [0.5, 0.6) is 11.6 Å². The first-order chi connectivity index (χ1) is 7.79. The van der Waals surface area contributed by atoms with Crippen LogP contribution in [0.2, 0.25) is 0 Å². The van der Waals surface area contributed by atoms with Crippen molar-refractivity contribution in [2.45, 2.75) is 6.92 Å². The molecule has 2 rings (SSSR count). The standard InChI is InChI=1S/C12H13N3O/c1-9-8-14-12(13-2)15-11(9)16-10-6-4-3-5-7-10/h3-8H,1-2H3,(H,13,14,15). The molecule has 0 saturated carbocycles. The van der Waals surface area contributed by atoms with Crippen LogP contribution in [0.4, 0.5) is 5.95 Å². The minimum atomic E-state index is 0.552. The summed E-state index contributed by atoms with van der Waals surface area (Å²) in [5, 5.41) is 2.88. The molecule has 0 bridgehead atoms. The number of nitrogens with zero attached hydrogens (tertiary/aromatic N) is 2. The summed E-state index contributed by atoms with van der Waals surface area (Å²) in [6.45, 7) is 1.91.